The molecular formula is C21H18BrNO3S. The van der Waals surface area contributed by atoms with Gasteiger partial charge in [-0.3, -0.25) is 4.99 Å². The number of hydrogen-bond donors (Lipinski definition) is 0. The molecule has 0 saturated heterocycles. The Bertz CT molecular complexity index is 964. The van der Waals surface area contributed by atoms with Gasteiger partial charge in [-0.1, -0.05) is 35.5 Å². The maximum Gasteiger partial charge on any atom is 0.338 e. The minimum atomic E-state index is -0.355. The Labute approximate surface area is 170 Å². The Morgan fingerprint density at radius 3 is 2.74 bits per heavy atom. The zero-order valence-corrected chi connectivity index (χ0v) is 17.3. The summed E-state index contributed by atoms with van der Waals surface area (Å²) in [6, 6.07) is 17.1. The molecule has 0 radical (unpaired) electrons. The Morgan fingerprint density at radius 2 is 2.00 bits per heavy atom. The van der Waals surface area contributed by atoms with Crippen LogP contribution in [0.25, 0.3) is 0 Å². The van der Waals surface area contributed by atoms with E-state index in [1.54, 1.807) is 43.1 Å². The molecule has 1 aromatic heterocycles. The summed E-state index contributed by atoms with van der Waals surface area (Å²) in [6.45, 7) is 4.18. The number of carbonyl (C=O) groups is 1. The molecule has 0 unspecified atom stereocenters. The minimum Gasteiger partial charge on any atom is -0.462 e. The first-order chi connectivity index (χ1) is 13.0. The van der Waals surface area contributed by atoms with E-state index in [4.69, 9.17) is 9.15 Å². The summed E-state index contributed by atoms with van der Waals surface area (Å²) in [5.74, 6) is 0.269. The van der Waals surface area contributed by atoms with Crippen LogP contribution in [-0.2, 0) is 4.74 Å². The van der Waals surface area contributed by atoms with Gasteiger partial charge in [0.05, 0.1) is 28.5 Å². The van der Waals surface area contributed by atoms with E-state index >= 15 is 0 Å². The van der Waals surface area contributed by atoms with Crippen molar-refractivity contribution in [1.82, 2.24) is 0 Å². The lowest BCUT2D eigenvalue weighted by Crippen LogP contribution is -2.03. The zero-order chi connectivity index (χ0) is 19.2. The van der Waals surface area contributed by atoms with Crippen molar-refractivity contribution in [2.75, 3.05) is 6.61 Å². The highest BCUT2D eigenvalue weighted by Crippen LogP contribution is 2.35. The first kappa shape index (κ1) is 19.5. The number of aliphatic imine (C=N–C) groups is 1. The summed E-state index contributed by atoms with van der Waals surface area (Å²) < 4.78 is 11.7. The Hall–Kier alpha value is -2.31. The molecule has 4 nitrogen and oxygen atoms in total. The number of aryl methyl sites for hydroxylation is 1. The Balaban J connectivity index is 1.73. The van der Waals surface area contributed by atoms with Crippen LogP contribution in [0.1, 0.15) is 28.6 Å². The first-order valence-electron chi connectivity index (χ1n) is 8.40. The molecule has 138 valence electrons. The zero-order valence-electron chi connectivity index (χ0n) is 14.9. The number of hydrogen-bond acceptors (Lipinski definition) is 5. The van der Waals surface area contributed by atoms with Crippen molar-refractivity contribution < 1.29 is 13.9 Å². The number of halogens is 1. The van der Waals surface area contributed by atoms with E-state index in [2.05, 4.69) is 52.1 Å². The fourth-order valence-electron chi connectivity index (χ4n) is 2.28. The molecule has 0 aliphatic carbocycles. The van der Waals surface area contributed by atoms with Gasteiger partial charge >= 0.3 is 5.97 Å². The van der Waals surface area contributed by atoms with Crippen LogP contribution in [-0.4, -0.2) is 18.8 Å². The van der Waals surface area contributed by atoms with Crippen molar-refractivity contribution in [3.63, 3.8) is 0 Å². The largest absolute Gasteiger partial charge is 0.462 e. The second-order valence-corrected chi connectivity index (χ2v) is 7.63. The molecule has 1 heterocycles. The van der Waals surface area contributed by atoms with E-state index in [-0.39, 0.29) is 5.97 Å². The quantitative estimate of drug-likeness (QED) is 0.325. The van der Waals surface area contributed by atoms with Crippen molar-refractivity contribution >= 4 is 45.6 Å². The maximum absolute atomic E-state index is 11.8. The summed E-state index contributed by atoms with van der Waals surface area (Å²) in [6.07, 6.45) is 1.63. The molecule has 3 rings (SSSR count). The van der Waals surface area contributed by atoms with Crippen LogP contribution >= 0.6 is 27.7 Å². The van der Waals surface area contributed by atoms with Crippen LogP contribution in [0.5, 0.6) is 0 Å². The molecular weight excluding hydrogens is 426 g/mol. The van der Waals surface area contributed by atoms with E-state index in [0.29, 0.717) is 23.6 Å². The summed E-state index contributed by atoms with van der Waals surface area (Å²) >= 11 is 5.07. The normalized spacial score (nSPS) is 11.1. The van der Waals surface area contributed by atoms with Crippen molar-refractivity contribution in [3.8, 4) is 0 Å². The summed E-state index contributed by atoms with van der Waals surface area (Å²) in [5.41, 5.74) is 2.35. The third-order valence-electron chi connectivity index (χ3n) is 3.60. The van der Waals surface area contributed by atoms with Crippen LogP contribution in [0.4, 0.5) is 5.69 Å². The molecule has 0 fully saturated rings. The number of esters is 1. The lowest BCUT2D eigenvalue weighted by atomic mass is 10.2. The second-order valence-electron chi connectivity index (χ2n) is 5.73. The molecule has 2 aromatic carbocycles. The molecule has 0 atom stereocenters. The first-order valence-corrected chi connectivity index (χ1v) is 10.0. The molecule has 0 bridgehead atoms. The van der Waals surface area contributed by atoms with Crippen molar-refractivity contribution in [2.24, 2.45) is 4.99 Å². The van der Waals surface area contributed by atoms with Gasteiger partial charge in [0.25, 0.3) is 0 Å². The van der Waals surface area contributed by atoms with Gasteiger partial charge in [0.1, 0.15) is 5.76 Å². The number of furan rings is 1. The van der Waals surface area contributed by atoms with Gasteiger partial charge in [0.15, 0.2) is 5.09 Å². The minimum absolute atomic E-state index is 0.341. The molecule has 0 aliphatic rings. The van der Waals surface area contributed by atoms with E-state index in [9.17, 15) is 4.79 Å². The number of carbonyl (C=O) groups excluding carboxylic acids is 1. The fourth-order valence-corrected chi connectivity index (χ4v) is 3.61. The monoisotopic (exact) mass is 443 g/mol. The third kappa shape index (κ3) is 5.34. The highest BCUT2D eigenvalue weighted by molar-refractivity contribution is 9.10. The van der Waals surface area contributed by atoms with Crippen LogP contribution in [0, 0.1) is 6.92 Å². The van der Waals surface area contributed by atoms with Gasteiger partial charge < -0.3 is 9.15 Å². The molecule has 0 aliphatic heterocycles. The van der Waals surface area contributed by atoms with Crippen LogP contribution in [0.2, 0.25) is 0 Å². The summed E-state index contributed by atoms with van der Waals surface area (Å²) in [7, 11) is 0. The Morgan fingerprint density at radius 1 is 1.22 bits per heavy atom. The van der Waals surface area contributed by atoms with E-state index in [0.717, 1.165) is 14.5 Å². The standard InChI is InChI=1S/C21H18BrNO3S/c1-3-25-20(24)15-5-4-6-16(11-15)23-13-17-12-19(22)21(26-17)27-18-9-7-14(2)8-10-18/h4-13H,3H2,1-2H3. The van der Waals surface area contributed by atoms with Gasteiger partial charge in [-0.25, -0.2) is 4.79 Å². The third-order valence-corrected chi connectivity index (χ3v) is 5.45. The van der Waals surface area contributed by atoms with Crippen molar-refractivity contribution in [3.05, 3.63) is 76.0 Å². The van der Waals surface area contributed by atoms with Crippen LogP contribution in [0.3, 0.4) is 0 Å². The van der Waals surface area contributed by atoms with Gasteiger partial charge in [0, 0.05) is 11.0 Å². The van der Waals surface area contributed by atoms with Crippen molar-refractivity contribution in [2.45, 2.75) is 23.8 Å². The van der Waals surface area contributed by atoms with E-state index in [1.165, 1.54) is 5.56 Å². The molecule has 3 aromatic rings. The lowest BCUT2D eigenvalue weighted by Gasteiger charge is -2.01. The van der Waals surface area contributed by atoms with Crippen molar-refractivity contribution in [1.29, 1.82) is 0 Å². The summed E-state index contributed by atoms with van der Waals surface area (Å²) in [5, 5.41) is 0.764. The number of ether oxygens (including phenoxy) is 1. The number of benzene rings is 2. The van der Waals surface area contributed by atoms with Gasteiger partial charge in [-0.2, -0.15) is 0 Å². The SMILES string of the molecule is CCOC(=O)c1cccc(N=Cc2cc(Br)c(Sc3ccc(C)cc3)o2)c1. The van der Waals surface area contributed by atoms with E-state index in [1.807, 2.05) is 12.1 Å². The maximum atomic E-state index is 11.8. The Kier molecular flexibility index (Phi) is 6.53. The highest BCUT2D eigenvalue weighted by atomic mass is 79.9. The number of nitrogens with zero attached hydrogens (tertiary/aromatic N) is 1. The second kappa shape index (κ2) is 9.06. The predicted molar refractivity (Wildman–Crippen MR) is 111 cm³/mol. The fraction of sp³-hybridized carbons (Fsp3) is 0.143. The van der Waals surface area contributed by atoms with Gasteiger partial charge in [0.2, 0.25) is 0 Å². The topological polar surface area (TPSA) is 51.8 Å². The van der Waals surface area contributed by atoms with Gasteiger partial charge in [-0.05, 0) is 60.1 Å². The summed E-state index contributed by atoms with van der Waals surface area (Å²) in [4.78, 5) is 17.3. The molecule has 0 spiro atoms. The molecule has 0 N–H and O–H groups in total. The van der Waals surface area contributed by atoms with Crippen LogP contribution in [0.15, 0.2) is 78.5 Å². The molecule has 0 amide bonds. The highest BCUT2D eigenvalue weighted by Gasteiger charge is 2.10. The van der Waals surface area contributed by atoms with Gasteiger partial charge in [-0.15, -0.1) is 0 Å². The average Bonchev–Trinajstić information content (AvgIpc) is 3.02. The lowest BCUT2D eigenvalue weighted by molar-refractivity contribution is 0.0526. The molecule has 6 heteroatoms. The molecule has 27 heavy (non-hydrogen) atoms. The molecule has 0 saturated carbocycles. The number of rotatable bonds is 6. The predicted octanol–water partition coefficient (Wildman–Crippen LogP) is 6.43. The van der Waals surface area contributed by atoms with Crippen LogP contribution < -0.4 is 0 Å². The average molecular weight is 444 g/mol. The van der Waals surface area contributed by atoms with E-state index < -0.39 is 0 Å². The smallest absolute Gasteiger partial charge is 0.338 e.